The molecule has 0 heterocycles. The smallest absolute Gasteiger partial charge is 0.417 e. The lowest BCUT2D eigenvalue weighted by atomic mass is 9.94. The molecule has 3 aromatic rings. The Labute approximate surface area is 188 Å². The summed E-state index contributed by atoms with van der Waals surface area (Å²) in [5, 5.41) is 22.0. The molecule has 0 atom stereocenters. The summed E-state index contributed by atoms with van der Waals surface area (Å²) in [5.41, 5.74) is -0.663. The predicted molar refractivity (Wildman–Crippen MR) is 117 cm³/mol. The molecular formula is C25H22F3NO4. The van der Waals surface area contributed by atoms with E-state index in [-0.39, 0.29) is 28.7 Å². The highest BCUT2D eigenvalue weighted by molar-refractivity contribution is 6.02. The van der Waals surface area contributed by atoms with Gasteiger partial charge in [0.25, 0.3) is 0 Å². The number of nitrogens with one attached hydrogen (secondary N) is 1. The van der Waals surface area contributed by atoms with Gasteiger partial charge in [-0.15, -0.1) is 0 Å². The third-order valence-electron chi connectivity index (χ3n) is 5.77. The second-order valence-corrected chi connectivity index (χ2v) is 7.96. The lowest BCUT2D eigenvalue weighted by Gasteiger charge is -2.19. The van der Waals surface area contributed by atoms with Crippen LogP contribution in [0.1, 0.15) is 30.9 Å². The second-order valence-electron chi connectivity index (χ2n) is 7.96. The van der Waals surface area contributed by atoms with E-state index in [0.29, 0.717) is 36.3 Å². The predicted octanol–water partition coefficient (Wildman–Crippen LogP) is 5.85. The molecule has 33 heavy (non-hydrogen) atoms. The van der Waals surface area contributed by atoms with Crippen LogP contribution < -0.4 is 10.1 Å². The maximum atomic E-state index is 13.7. The Balaban J connectivity index is 1.65. The Bertz CT molecular complexity index is 1190. The summed E-state index contributed by atoms with van der Waals surface area (Å²) in [7, 11) is 0. The SMILES string of the molecule is CCOc1ccc(-c2cc(NC(=O)C3(c4ccc(O)c(O)c4)CC3)ccc2C(F)(F)F)cc1. The summed E-state index contributed by atoms with van der Waals surface area (Å²) in [6.07, 6.45) is -3.53. The summed E-state index contributed by atoms with van der Waals surface area (Å²) in [4.78, 5) is 13.0. The minimum absolute atomic E-state index is 0.0597. The minimum Gasteiger partial charge on any atom is -0.504 e. The van der Waals surface area contributed by atoms with Gasteiger partial charge in [-0.1, -0.05) is 18.2 Å². The number of hydrogen-bond acceptors (Lipinski definition) is 4. The molecule has 0 radical (unpaired) electrons. The number of anilines is 1. The van der Waals surface area contributed by atoms with E-state index in [0.717, 1.165) is 6.07 Å². The Kier molecular flexibility index (Phi) is 5.69. The zero-order valence-corrected chi connectivity index (χ0v) is 17.7. The number of halogens is 3. The summed E-state index contributed by atoms with van der Waals surface area (Å²) in [6, 6.07) is 14.0. The van der Waals surface area contributed by atoms with Crippen LogP contribution in [-0.4, -0.2) is 22.7 Å². The molecule has 0 saturated heterocycles. The van der Waals surface area contributed by atoms with Crippen molar-refractivity contribution in [3.05, 3.63) is 71.8 Å². The molecule has 8 heteroatoms. The minimum atomic E-state index is -4.57. The van der Waals surface area contributed by atoms with Crippen molar-refractivity contribution in [1.82, 2.24) is 0 Å². The van der Waals surface area contributed by atoms with E-state index in [1.165, 1.54) is 24.3 Å². The van der Waals surface area contributed by atoms with Crippen LogP contribution >= 0.6 is 0 Å². The van der Waals surface area contributed by atoms with Gasteiger partial charge in [0.2, 0.25) is 5.91 Å². The summed E-state index contributed by atoms with van der Waals surface area (Å²) < 4.78 is 46.3. The Morgan fingerprint density at radius 1 is 1.00 bits per heavy atom. The first-order valence-electron chi connectivity index (χ1n) is 10.4. The molecule has 4 rings (SSSR count). The van der Waals surface area contributed by atoms with Gasteiger partial charge < -0.3 is 20.3 Å². The zero-order valence-electron chi connectivity index (χ0n) is 17.7. The molecule has 3 N–H and O–H groups in total. The molecule has 0 unspecified atom stereocenters. The number of alkyl halides is 3. The van der Waals surface area contributed by atoms with Gasteiger partial charge in [0.1, 0.15) is 5.75 Å². The van der Waals surface area contributed by atoms with Crippen molar-refractivity contribution < 1.29 is 32.9 Å². The normalized spacial score (nSPS) is 14.5. The van der Waals surface area contributed by atoms with Gasteiger partial charge >= 0.3 is 6.18 Å². The number of phenolic OH excluding ortho intramolecular Hbond substituents is 2. The van der Waals surface area contributed by atoms with Gasteiger partial charge in [-0.05, 0) is 78.9 Å². The summed E-state index contributed by atoms with van der Waals surface area (Å²) in [5.74, 6) is -0.464. The average Bonchev–Trinajstić information content (AvgIpc) is 3.58. The van der Waals surface area contributed by atoms with E-state index < -0.39 is 17.2 Å². The third-order valence-corrected chi connectivity index (χ3v) is 5.77. The van der Waals surface area contributed by atoms with E-state index in [1.807, 2.05) is 6.92 Å². The van der Waals surface area contributed by atoms with Crippen molar-refractivity contribution in [2.45, 2.75) is 31.4 Å². The second kappa shape index (κ2) is 8.35. The van der Waals surface area contributed by atoms with Crippen LogP contribution in [0, 0.1) is 0 Å². The van der Waals surface area contributed by atoms with E-state index >= 15 is 0 Å². The van der Waals surface area contributed by atoms with Crippen LogP contribution in [0.4, 0.5) is 18.9 Å². The fourth-order valence-corrected chi connectivity index (χ4v) is 3.85. The van der Waals surface area contributed by atoms with E-state index in [9.17, 15) is 28.2 Å². The number of benzene rings is 3. The molecule has 0 aromatic heterocycles. The molecule has 3 aromatic carbocycles. The molecule has 1 amide bonds. The van der Waals surface area contributed by atoms with Crippen molar-refractivity contribution >= 4 is 11.6 Å². The van der Waals surface area contributed by atoms with Gasteiger partial charge in [-0.25, -0.2) is 0 Å². The monoisotopic (exact) mass is 457 g/mol. The third kappa shape index (κ3) is 4.46. The molecule has 0 bridgehead atoms. The van der Waals surface area contributed by atoms with Crippen LogP contribution in [0.2, 0.25) is 0 Å². The van der Waals surface area contributed by atoms with Crippen molar-refractivity contribution in [1.29, 1.82) is 0 Å². The highest BCUT2D eigenvalue weighted by atomic mass is 19.4. The summed E-state index contributed by atoms with van der Waals surface area (Å²) >= 11 is 0. The highest BCUT2D eigenvalue weighted by Crippen LogP contribution is 2.50. The van der Waals surface area contributed by atoms with Crippen LogP contribution in [0.3, 0.4) is 0 Å². The number of ether oxygens (including phenoxy) is 1. The van der Waals surface area contributed by atoms with E-state index in [4.69, 9.17) is 4.74 Å². The number of carbonyl (C=O) groups excluding carboxylic acids is 1. The van der Waals surface area contributed by atoms with Crippen LogP contribution in [-0.2, 0) is 16.4 Å². The highest BCUT2D eigenvalue weighted by Gasteiger charge is 2.51. The molecule has 1 aliphatic rings. The Hall–Kier alpha value is -3.68. The van der Waals surface area contributed by atoms with Crippen LogP contribution in [0.15, 0.2) is 60.7 Å². The quantitative estimate of drug-likeness (QED) is 0.406. The number of rotatable bonds is 6. The molecule has 5 nitrogen and oxygen atoms in total. The fourth-order valence-electron chi connectivity index (χ4n) is 3.85. The number of hydrogen-bond donors (Lipinski definition) is 3. The molecule has 0 spiro atoms. The van der Waals surface area contributed by atoms with Gasteiger partial charge in [-0.3, -0.25) is 4.79 Å². The molecule has 0 aliphatic heterocycles. The molecule has 172 valence electrons. The first-order chi connectivity index (χ1) is 15.6. The largest absolute Gasteiger partial charge is 0.504 e. The number of carbonyl (C=O) groups is 1. The lowest BCUT2D eigenvalue weighted by Crippen LogP contribution is -2.27. The first kappa shape index (κ1) is 22.5. The number of phenols is 2. The maximum Gasteiger partial charge on any atom is 0.417 e. The van der Waals surface area contributed by atoms with Gasteiger partial charge in [0, 0.05) is 5.69 Å². The molecule has 1 aliphatic carbocycles. The van der Waals surface area contributed by atoms with Crippen LogP contribution in [0.5, 0.6) is 17.2 Å². The van der Waals surface area contributed by atoms with Gasteiger partial charge in [0.05, 0.1) is 17.6 Å². The lowest BCUT2D eigenvalue weighted by molar-refractivity contribution is -0.137. The van der Waals surface area contributed by atoms with Crippen LogP contribution in [0.25, 0.3) is 11.1 Å². The van der Waals surface area contributed by atoms with Gasteiger partial charge in [0.15, 0.2) is 11.5 Å². The van der Waals surface area contributed by atoms with Crippen molar-refractivity contribution in [3.63, 3.8) is 0 Å². The molecule has 1 fully saturated rings. The van der Waals surface area contributed by atoms with Crippen molar-refractivity contribution in [2.24, 2.45) is 0 Å². The van der Waals surface area contributed by atoms with Gasteiger partial charge in [-0.2, -0.15) is 13.2 Å². The number of amides is 1. The van der Waals surface area contributed by atoms with Crippen molar-refractivity contribution in [3.8, 4) is 28.4 Å². The number of aromatic hydroxyl groups is 2. The Morgan fingerprint density at radius 3 is 2.27 bits per heavy atom. The van der Waals surface area contributed by atoms with E-state index in [2.05, 4.69) is 5.32 Å². The van der Waals surface area contributed by atoms with Crippen molar-refractivity contribution in [2.75, 3.05) is 11.9 Å². The molecule has 1 saturated carbocycles. The Morgan fingerprint density at radius 2 is 1.70 bits per heavy atom. The maximum absolute atomic E-state index is 13.7. The van der Waals surface area contributed by atoms with E-state index in [1.54, 1.807) is 30.3 Å². The zero-order chi connectivity index (χ0) is 23.8. The topological polar surface area (TPSA) is 78.8 Å². The standard InChI is InChI=1S/C25H22F3NO4/c1-2-33-18-7-3-15(4-8-18)19-14-17(6-9-20(19)25(26,27)28)29-23(32)24(11-12-24)16-5-10-21(30)22(31)13-16/h3-10,13-14,30-31H,2,11-12H2,1H3,(H,29,32). The summed E-state index contributed by atoms with van der Waals surface area (Å²) in [6.45, 7) is 2.25. The average molecular weight is 457 g/mol. The fraction of sp³-hybridized carbons (Fsp3) is 0.240. The molecular weight excluding hydrogens is 435 g/mol. The first-order valence-corrected chi connectivity index (χ1v) is 10.4.